The minimum atomic E-state index is -3.35. The topological polar surface area (TPSA) is 40.6 Å². The number of hydrogen-bond acceptors (Lipinski definition) is 3. The predicted molar refractivity (Wildman–Crippen MR) is 193 cm³/mol. The van der Waals surface area contributed by atoms with Gasteiger partial charge in [-0.25, -0.2) is 4.67 Å². The highest BCUT2D eigenvalue weighted by molar-refractivity contribution is 7.80. The van der Waals surface area contributed by atoms with Crippen LogP contribution in [-0.4, -0.2) is 24.4 Å². The minimum Gasteiger partial charge on any atom is -0.314 e. The molecule has 0 aromatic heterocycles. The van der Waals surface area contributed by atoms with Gasteiger partial charge in [0.2, 0.25) is 7.29 Å². The van der Waals surface area contributed by atoms with Crippen molar-refractivity contribution in [1.82, 2.24) is 4.67 Å². The molecule has 6 heteroatoms. The Kier molecular flexibility index (Phi) is 7.13. The van der Waals surface area contributed by atoms with E-state index in [1.54, 1.807) is 0 Å². The summed E-state index contributed by atoms with van der Waals surface area (Å²) in [7, 11) is -6.45. The van der Waals surface area contributed by atoms with Crippen molar-refractivity contribution in [2.45, 2.75) is 40.0 Å². The van der Waals surface area contributed by atoms with Gasteiger partial charge in [-0.1, -0.05) is 107 Å². The van der Waals surface area contributed by atoms with Gasteiger partial charge in [-0.3, -0.25) is 4.57 Å². The van der Waals surface area contributed by atoms with Crippen LogP contribution in [0, 0.1) is 0 Å². The molecule has 0 bridgehead atoms. The first-order valence-corrected chi connectivity index (χ1v) is 19.6. The number of benzene rings is 5. The summed E-state index contributed by atoms with van der Waals surface area (Å²) in [4.78, 5) is 2.25. The molecule has 0 saturated carbocycles. The van der Waals surface area contributed by atoms with Crippen LogP contribution < -0.4 is 26.1 Å². The van der Waals surface area contributed by atoms with E-state index in [4.69, 9.17) is 0 Å². The van der Waals surface area contributed by atoms with Crippen molar-refractivity contribution in [2.75, 3.05) is 24.7 Å². The lowest BCUT2D eigenvalue weighted by atomic mass is 9.87. The van der Waals surface area contributed by atoms with E-state index in [1.165, 1.54) is 0 Å². The maximum absolute atomic E-state index is 16.1. The quantitative estimate of drug-likeness (QED) is 0.182. The van der Waals surface area contributed by atoms with E-state index in [-0.39, 0.29) is 5.41 Å². The first kappa shape index (κ1) is 30.0. The molecule has 5 aromatic carbocycles. The van der Waals surface area contributed by atoms with Crippen LogP contribution in [0.4, 0.5) is 17.1 Å². The number of fused-ring (bicyclic) bond motifs is 4. The molecule has 0 radical (unpaired) electrons. The molecule has 0 fully saturated rings. The molecule has 5 aromatic rings. The van der Waals surface area contributed by atoms with Crippen LogP contribution in [0.2, 0.25) is 0 Å². The van der Waals surface area contributed by atoms with Gasteiger partial charge < -0.3 is 9.46 Å². The normalized spacial score (nSPS) is 20.0. The summed E-state index contributed by atoms with van der Waals surface area (Å²) in [6.45, 7) is 13.9. The van der Waals surface area contributed by atoms with Gasteiger partial charge in [0.15, 0.2) is 0 Å². The maximum Gasteiger partial charge on any atom is 0.211 e. The summed E-state index contributed by atoms with van der Waals surface area (Å²) in [5, 5.41) is 3.27. The van der Waals surface area contributed by atoms with E-state index in [2.05, 4.69) is 117 Å². The van der Waals surface area contributed by atoms with Gasteiger partial charge in [0, 0.05) is 23.7 Å². The second-order valence-electron chi connectivity index (χ2n) is 13.2. The molecule has 7 rings (SSSR count). The molecule has 2 heterocycles. The molecule has 2 unspecified atom stereocenters. The molecule has 0 saturated heterocycles. The smallest absolute Gasteiger partial charge is 0.211 e. The summed E-state index contributed by atoms with van der Waals surface area (Å²) in [5.41, 5.74) is 7.71. The van der Waals surface area contributed by atoms with Crippen molar-refractivity contribution in [3.8, 4) is 22.3 Å². The zero-order valence-electron chi connectivity index (χ0n) is 26.9. The van der Waals surface area contributed by atoms with E-state index in [9.17, 15) is 0 Å². The number of rotatable bonds is 5. The average Bonchev–Trinajstić information content (AvgIpc) is 3.05. The molecular formula is C39H40N2O2P2. The Morgan fingerprint density at radius 2 is 1.09 bits per heavy atom. The van der Waals surface area contributed by atoms with Crippen molar-refractivity contribution in [2.24, 2.45) is 0 Å². The lowest BCUT2D eigenvalue weighted by molar-refractivity contribution is 0.458. The Morgan fingerprint density at radius 1 is 0.600 bits per heavy atom. The summed E-state index contributed by atoms with van der Waals surface area (Å²) in [5.74, 6) is 0. The predicted octanol–water partition coefficient (Wildman–Crippen LogP) is 8.93. The average molecular weight is 631 g/mol. The van der Waals surface area contributed by atoms with Crippen LogP contribution in [0.15, 0.2) is 109 Å². The van der Waals surface area contributed by atoms with Gasteiger partial charge in [-0.2, -0.15) is 0 Å². The van der Waals surface area contributed by atoms with Gasteiger partial charge in [0.05, 0.1) is 27.7 Å². The molecule has 4 nitrogen and oxygen atoms in total. The Hall–Kier alpha value is -3.68. The fourth-order valence-electron chi connectivity index (χ4n) is 7.01. The molecule has 228 valence electrons. The first-order chi connectivity index (χ1) is 21.5. The van der Waals surface area contributed by atoms with Crippen molar-refractivity contribution >= 4 is 52.7 Å². The van der Waals surface area contributed by atoms with Gasteiger partial charge in [0.25, 0.3) is 0 Å². The number of hydrogen-bond donors (Lipinski definition) is 0. The van der Waals surface area contributed by atoms with Crippen molar-refractivity contribution in [3.63, 3.8) is 0 Å². The molecule has 0 N–H and O–H groups in total. The molecule has 45 heavy (non-hydrogen) atoms. The van der Waals surface area contributed by atoms with Crippen LogP contribution >= 0.6 is 14.4 Å². The molecule has 0 spiro atoms. The molecule has 2 atom stereocenters. The fourth-order valence-corrected chi connectivity index (χ4v) is 12.7. The Morgan fingerprint density at radius 3 is 1.60 bits per heavy atom. The van der Waals surface area contributed by atoms with Crippen molar-refractivity contribution in [3.05, 3.63) is 115 Å². The Bertz CT molecular complexity index is 2040. The lowest BCUT2D eigenvalue weighted by Crippen LogP contribution is -2.46. The summed E-state index contributed by atoms with van der Waals surface area (Å²) >= 11 is 0. The highest BCUT2D eigenvalue weighted by Crippen LogP contribution is 2.62. The van der Waals surface area contributed by atoms with Crippen LogP contribution in [-0.2, 0) is 14.5 Å². The van der Waals surface area contributed by atoms with Gasteiger partial charge >= 0.3 is 0 Å². The summed E-state index contributed by atoms with van der Waals surface area (Å²) in [6, 6.07) is 37.6. The lowest BCUT2D eigenvalue weighted by Gasteiger charge is -2.46. The highest BCUT2D eigenvalue weighted by atomic mass is 31.2. The van der Waals surface area contributed by atoms with Crippen LogP contribution in [0.25, 0.3) is 22.3 Å². The van der Waals surface area contributed by atoms with Crippen molar-refractivity contribution in [1.29, 1.82) is 0 Å². The zero-order valence-corrected chi connectivity index (χ0v) is 28.7. The van der Waals surface area contributed by atoms with E-state index >= 15 is 9.13 Å². The second kappa shape index (κ2) is 10.7. The van der Waals surface area contributed by atoms with Crippen LogP contribution in [0.3, 0.4) is 0 Å². The molecule has 2 aliphatic heterocycles. The van der Waals surface area contributed by atoms with Crippen molar-refractivity contribution < 1.29 is 9.13 Å². The third-order valence-electron chi connectivity index (χ3n) is 9.51. The Labute approximate surface area is 267 Å². The van der Waals surface area contributed by atoms with Crippen LogP contribution in [0.5, 0.6) is 0 Å². The van der Waals surface area contributed by atoms with E-state index < -0.39 is 14.4 Å². The van der Waals surface area contributed by atoms with Gasteiger partial charge in [0.1, 0.15) is 7.14 Å². The van der Waals surface area contributed by atoms with E-state index in [0.717, 1.165) is 66.1 Å². The SMILES string of the molecule is CCN(CC)P1(=O)c2cc(-c3ccccc3)ccc2N2c3ccc(-c4ccccc4)cc3P(C)(=O)c3cc(C(C)(C)C)cc1c32. The number of anilines is 3. The van der Waals surface area contributed by atoms with Gasteiger partial charge in [-0.15, -0.1) is 0 Å². The van der Waals surface area contributed by atoms with Gasteiger partial charge in [-0.05, 0) is 76.3 Å². The number of nitrogens with zero attached hydrogens (tertiary/aromatic N) is 2. The molecule has 0 amide bonds. The highest BCUT2D eigenvalue weighted by Gasteiger charge is 2.49. The maximum atomic E-state index is 16.1. The molecule has 2 aliphatic rings. The van der Waals surface area contributed by atoms with E-state index in [1.807, 2.05) is 43.1 Å². The Balaban J connectivity index is 1.60. The monoisotopic (exact) mass is 630 g/mol. The minimum absolute atomic E-state index is 0.233. The van der Waals surface area contributed by atoms with Crippen LogP contribution in [0.1, 0.15) is 40.2 Å². The summed E-state index contributed by atoms with van der Waals surface area (Å²) < 4.78 is 33.6. The largest absolute Gasteiger partial charge is 0.314 e. The zero-order chi connectivity index (χ0) is 31.7. The third kappa shape index (κ3) is 4.53. The standard InChI is InChI=1S/C39H40N2O2P2/c1-7-40(8-2)45(43)35-24-30(28-17-13-10-14-18-28)20-22-33(35)41-32-21-19-29(27-15-11-9-12-16-27)23-34(32)44(6,42)36-25-31(39(3,4)5)26-37(45)38(36)41/h9-26H,7-8H2,1-6H3. The first-order valence-electron chi connectivity index (χ1n) is 15.8. The third-order valence-corrected chi connectivity index (χ3v) is 15.4. The fraction of sp³-hybridized carbons (Fsp3) is 0.231. The molecular weight excluding hydrogens is 590 g/mol. The summed E-state index contributed by atoms with van der Waals surface area (Å²) in [6.07, 6.45) is 0. The second-order valence-corrected chi connectivity index (χ2v) is 18.7. The van der Waals surface area contributed by atoms with E-state index in [0.29, 0.717) is 13.1 Å². The molecule has 0 aliphatic carbocycles.